The lowest BCUT2D eigenvalue weighted by Gasteiger charge is -2.66. The molecule has 10 atom stereocenters. The molecule has 188 valence electrons. The molecule has 1 aromatic heterocycles. The minimum Gasteiger partial charge on any atom is -0.472 e. The molecule has 2 saturated carbocycles. The van der Waals surface area contributed by atoms with E-state index in [2.05, 4.69) is 0 Å². The zero-order chi connectivity index (χ0) is 24.8. The van der Waals surface area contributed by atoms with Crippen molar-refractivity contribution in [1.29, 1.82) is 0 Å². The third kappa shape index (κ3) is 2.14. The van der Waals surface area contributed by atoms with E-state index in [0.29, 0.717) is 24.8 Å². The Morgan fingerprint density at radius 2 is 1.80 bits per heavy atom. The van der Waals surface area contributed by atoms with Crippen LogP contribution in [0.3, 0.4) is 0 Å². The van der Waals surface area contributed by atoms with Gasteiger partial charge in [0, 0.05) is 28.7 Å². The number of ketones is 1. The second-order valence-corrected chi connectivity index (χ2v) is 12.2. The van der Waals surface area contributed by atoms with Gasteiger partial charge in [-0.1, -0.05) is 13.8 Å². The van der Waals surface area contributed by atoms with Gasteiger partial charge in [0.25, 0.3) is 0 Å². The van der Waals surface area contributed by atoms with Crippen molar-refractivity contribution in [3.05, 3.63) is 24.2 Å². The largest absolute Gasteiger partial charge is 0.472 e. The quantitative estimate of drug-likeness (QED) is 0.470. The number of hydrogen-bond acceptors (Lipinski definition) is 9. The van der Waals surface area contributed by atoms with Crippen LogP contribution < -0.4 is 0 Å². The second-order valence-electron chi connectivity index (χ2n) is 12.2. The monoisotopic (exact) mass is 486 g/mol. The minimum absolute atomic E-state index is 0.215. The summed E-state index contributed by atoms with van der Waals surface area (Å²) >= 11 is 0. The maximum absolute atomic E-state index is 14.1. The van der Waals surface area contributed by atoms with Gasteiger partial charge < -0.3 is 28.5 Å². The Labute approximate surface area is 202 Å². The Balaban J connectivity index is 1.44. The van der Waals surface area contributed by atoms with E-state index in [9.17, 15) is 19.5 Å². The molecule has 2 aliphatic carbocycles. The van der Waals surface area contributed by atoms with E-state index in [1.165, 1.54) is 6.26 Å². The van der Waals surface area contributed by atoms with Crippen molar-refractivity contribution in [3.63, 3.8) is 0 Å². The Bertz CT molecular complexity index is 1160. The number of carbonyl (C=O) groups excluding carboxylic acids is 3. The van der Waals surface area contributed by atoms with E-state index in [-0.39, 0.29) is 12.4 Å². The number of rotatable bonds is 1. The van der Waals surface area contributed by atoms with Gasteiger partial charge in [0.1, 0.15) is 17.8 Å². The lowest BCUT2D eigenvalue weighted by molar-refractivity contribution is -0.268. The maximum Gasteiger partial charge on any atom is 0.339 e. The number of carbonyl (C=O) groups is 3. The van der Waals surface area contributed by atoms with Crippen molar-refractivity contribution in [2.45, 2.75) is 94.6 Å². The fourth-order valence-corrected chi connectivity index (χ4v) is 9.27. The molecule has 4 saturated heterocycles. The maximum atomic E-state index is 14.1. The minimum atomic E-state index is -1.43. The summed E-state index contributed by atoms with van der Waals surface area (Å²) in [5, 5.41) is 11.8. The molecule has 9 nitrogen and oxygen atoms in total. The molecule has 1 aromatic rings. The third-order valence-electron chi connectivity index (χ3n) is 10.5. The molecule has 4 aliphatic heterocycles. The number of aliphatic hydroxyl groups excluding tert-OH is 1. The predicted molar refractivity (Wildman–Crippen MR) is 116 cm³/mol. The fraction of sp³-hybridized carbons (Fsp3) is 0.731. The van der Waals surface area contributed by atoms with E-state index < -0.39 is 75.6 Å². The highest BCUT2D eigenvalue weighted by Gasteiger charge is 2.91. The summed E-state index contributed by atoms with van der Waals surface area (Å²) in [6.45, 7) is 7.48. The summed E-state index contributed by atoms with van der Waals surface area (Å²) in [5.41, 5.74) is -4.55. The second kappa shape index (κ2) is 6.18. The number of esters is 2. The van der Waals surface area contributed by atoms with Gasteiger partial charge in [0.05, 0.1) is 30.1 Å². The summed E-state index contributed by atoms with van der Waals surface area (Å²) in [6, 6.07) is 1.76. The fourth-order valence-electron chi connectivity index (χ4n) is 9.27. The standard InChI is InChI=1S/C26H30O9/c1-22(2)17-16(28)18(29)24(4)13(25(17)14(33-22)5-6-15(27)34-25)7-9-23(3)19(12-8-10-31-11-12)32-21(30)20-26(23,24)35-20/h8,10-11,13-14,17-20,29H,5-7,9H2,1-4H3/t13-,14-,17-,18-,19-,20+,23-,24+,25-,26-/m1/s1. The number of ether oxygens (including phenoxy) is 4. The lowest BCUT2D eigenvalue weighted by atomic mass is 9.39. The van der Waals surface area contributed by atoms with Crippen molar-refractivity contribution >= 4 is 17.7 Å². The first kappa shape index (κ1) is 22.0. The predicted octanol–water partition coefficient (Wildman–Crippen LogP) is 2.25. The number of furan rings is 1. The van der Waals surface area contributed by atoms with Crippen molar-refractivity contribution < 1.29 is 42.9 Å². The topological polar surface area (TPSA) is 125 Å². The van der Waals surface area contributed by atoms with Gasteiger partial charge in [-0.25, -0.2) is 4.79 Å². The molecule has 6 aliphatic rings. The highest BCUT2D eigenvalue weighted by molar-refractivity contribution is 5.92. The first-order chi connectivity index (χ1) is 16.4. The molecule has 0 aromatic carbocycles. The Morgan fingerprint density at radius 3 is 2.51 bits per heavy atom. The summed E-state index contributed by atoms with van der Waals surface area (Å²) < 4.78 is 30.1. The van der Waals surface area contributed by atoms with Gasteiger partial charge in [0.15, 0.2) is 17.5 Å². The van der Waals surface area contributed by atoms with Gasteiger partial charge in [0.2, 0.25) is 0 Å². The number of aliphatic hydroxyl groups is 1. The van der Waals surface area contributed by atoms with Crippen LogP contribution in [0.25, 0.3) is 0 Å². The molecule has 0 amide bonds. The van der Waals surface area contributed by atoms with Gasteiger partial charge in [-0.3, -0.25) is 9.59 Å². The molecule has 0 radical (unpaired) electrons. The number of epoxide rings is 1. The van der Waals surface area contributed by atoms with Gasteiger partial charge in [-0.2, -0.15) is 0 Å². The molecule has 9 heteroatoms. The molecule has 5 heterocycles. The number of Topliss-reactive ketones (excluding diaryl/α,β-unsaturated/α-hetero) is 1. The normalized spacial score (nSPS) is 53.3. The molecule has 35 heavy (non-hydrogen) atoms. The average molecular weight is 487 g/mol. The van der Waals surface area contributed by atoms with Crippen LogP contribution in [0.5, 0.6) is 0 Å². The molecular formula is C26H30O9. The first-order valence-corrected chi connectivity index (χ1v) is 12.5. The SMILES string of the molecule is CC1(C)O[C@@H]2CCC(=O)O[C@@]23[C@@H]1C(=O)[C@@H](O)[C@]1(C)[C@H]3CC[C@]2(C)[C@@H](c3ccoc3)OC(=O)[C@@H]3O[C@@]312. The van der Waals surface area contributed by atoms with E-state index in [0.717, 1.165) is 0 Å². The highest BCUT2D eigenvalue weighted by atomic mass is 16.7. The van der Waals surface area contributed by atoms with Crippen LogP contribution in [0.1, 0.15) is 65.0 Å². The highest BCUT2D eigenvalue weighted by Crippen LogP contribution is 2.79. The Morgan fingerprint density at radius 1 is 1.03 bits per heavy atom. The van der Waals surface area contributed by atoms with Crippen LogP contribution in [0.15, 0.2) is 23.0 Å². The van der Waals surface area contributed by atoms with Crippen LogP contribution in [0.4, 0.5) is 0 Å². The van der Waals surface area contributed by atoms with Crippen molar-refractivity contribution in [3.8, 4) is 0 Å². The Hall–Kier alpha value is -2.23. The number of cyclic esters (lactones) is 1. The van der Waals surface area contributed by atoms with E-state index in [4.69, 9.17) is 23.4 Å². The van der Waals surface area contributed by atoms with E-state index >= 15 is 0 Å². The summed E-state index contributed by atoms with van der Waals surface area (Å²) in [6.07, 6.45) is 1.39. The summed E-state index contributed by atoms with van der Waals surface area (Å²) in [4.78, 5) is 40.0. The molecule has 0 unspecified atom stereocenters. The van der Waals surface area contributed by atoms with Crippen LogP contribution in [0, 0.1) is 22.7 Å². The van der Waals surface area contributed by atoms with Crippen LogP contribution in [0.2, 0.25) is 0 Å². The van der Waals surface area contributed by atoms with Gasteiger partial charge in [-0.15, -0.1) is 0 Å². The van der Waals surface area contributed by atoms with Gasteiger partial charge in [-0.05, 0) is 39.2 Å². The smallest absolute Gasteiger partial charge is 0.339 e. The summed E-state index contributed by atoms with van der Waals surface area (Å²) in [5.74, 6) is -2.56. The lowest BCUT2D eigenvalue weighted by Crippen LogP contribution is -2.78. The van der Waals surface area contributed by atoms with Crippen molar-refractivity contribution in [2.24, 2.45) is 22.7 Å². The zero-order valence-corrected chi connectivity index (χ0v) is 20.2. The van der Waals surface area contributed by atoms with Crippen molar-refractivity contribution in [2.75, 3.05) is 0 Å². The van der Waals surface area contributed by atoms with Crippen LogP contribution in [-0.2, 0) is 33.3 Å². The van der Waals surface area contributed by atoms with Crippen LogP contribution in [-0.4, -0.2) is 57.9 Å². The number of fused-ring (bicyclic) bond motifs is 1. The first-order valence-electron chi connectivity index (χ1n) is 12.5. The molecule has 2 spiro atoms. The average Bonchev–Trinajstić information content (AvgIpc) is 3.26. The van der Waals surface area contributed by atoms with Crippen molar-refractivity contribution in [1.82, 2.24) is 0 Å². The molecular weight excluding hydrogens is 456 g/mol. The van der Waals surface area contributed by atoms with Crippen LogP contribution >= 0.6 is 0 Å². The number of hydrogen-bond donors (Lipinski definition) is 1. The summed E-state index contributed by atoms with van der Waals surface area (Å²) in [7, 11) is 0. The van der Waals surface area contributed by atoms with Gasteiger partial charge >= 0.3 is 11.9 Å². The molecule has 6 fully saturated rings. The molecule has 0 bridgehead atoms. The molecule has 1 N–H and O–H groups in total. The molecule has 7 rings (SSSR count). The zero-order valence-electron chi connectivity index (χ0n) is 20.2. The third-order valence-corrected chi connectivity index (χ3v) is 10.5. The van der Waals surface area contributed by atoms with E-state index in [1.807, 2.05) is 27.7 Å². The Kier molecular flexibility index (Phi) is 3.88. The van der Waals surface area contributed by atoms with E-state index in [1.54, 1.807) is 12.3 Å².